The lowest BCUT2D eigenvalue weighted by atomic mass is 10.2. The predicted octanol–water partition coefficient (Wildman–Crippen LogP) is 3.05. The van der Waals surface area contributed by atoms with E-state index in [1.54, 1.807) is 12.1 Å². The van der Waals surface area contributed by atoms with Crippen LogP contribution < -0.4 is 5.73 Å². The molecule has 0 atom stereocenters. The van der Waals surface area contributed by atoms with Gasteiger partial charge in [-0.05, 0) is 18.2 Å². The van der Waals surface area contributed by atoms with Crippen molar-refractivity contribution in [2.75, 3.05) is 12.3 Å². The van der Waals surface area contributed by atoms with Gasteiger partial charge in [-0.25, -0.2) is 0 Å². The smallest absolute Gasteiger partial charge is 0.399 e. The third-order valence-corrected chi connectivity index (χ3v) is 2.52. The number of aromatic nitrogens is 2. The molecule has 2 aromatic rings. The fourth-order valence-corrected chi connectivity index (χ4v) is 1.59. The van der Waals surface area contributed by atoms with Crippen LogP contribution in [-0.4, -0.2) is 22.9 Å². The normalized spacial score (nSPS) is 11.8. The number of nitrogens with zero attached hydrogens (tertiary/aromatic N) is 2. The summed E-state index contributed by atoms with van der Waals surface area (Å²) in [6.07, 6.45) is -4.40. The van der Waals surface area contributed by atoms with Gasteiger partial charge in [-0.3, -0.25) is 0 Å². The van der Waals surface area contributed by atoms with Crippen molar-refractivity contribution >= 4 is 17.3 Å². The van der Waals surface area contributed by atoms with Crippen molar-refractivity contribution in [3.63, 3.8) is 0 Å². The first-order chi connectivity index (χ1) is 9.35. The Balaban J connectivity index is 2.07. The average Bonchev–Trinajstić information content (AvgIpc) is 2.79. The van der Waals surface area contributed by atoms with Crippen molar-refractivity contribution in [1.29, 1.82) is 0 Å². The fraction of sp³-hybridized carbons (Fsp3) is 0.273. The topological polar surface area (TPSA) is 74.2 Å². The molecular formula is C11H9ClF3N3O2. The molecule has 0 saturated heterocycles. The Morgan fingerprint density at radius 1 is 1.35 bits per heavy atom. The maximum absolute atomic E-state index is 11.9. The van der Waals surface area contributed by atoms with Gasteiger partial charge in [0.15, 0.2) is 5.82 Å². The second kappa shape index (κ2) is 5.68. The number of ether oxygens (including phenoxy) is 1. The summed E-state index contributed by atoms with van der Waals surface area (Å²) in [6, 6.07) is 4.67. The summed E-state index contributed by atoms with van der Waals surface area (Å²) in [5.74, 6) is 0.0515. The van der Waals surface area contributed by atoms with E-state index < -0.39 is 19.4 Å². The molecule has 0 aliphatic rings. The van der Waals surface area contributed by atoms with Gasteiger partial charge in [-0.15, -0.1) is 0 Å². The van der Waals surface area contributed by atoms with Crippen LogP contribution in [0.3, 0.4) is 0 Å². The molecule has 0 amide bonds. The molecule has 0 radical (unpaired) electrons. The number of rotatable bonds is 4. The van der Waals surface area contributed by atoms with E-state index in [9.17, 15) is 13.2 Å². The van der Waals surface area contributed by atoms with Gasteiger partial charge in [-0.2, -0.15) is 18.2 Å². The third kappa shape index (κ3) is 3.84. The zero-order valence-electron chi connectivity index (χ0n) is 9.95. The molecule has 0 fully saturated rings. The minimum absolute atomic E-state index is 0.0114. The van der Waals surface area contributed by atoms with Crippen LogP contribution in [0.15, 0.2) is 22.7 Å². The average molecular weight is 308 g/mol. The van der Waals surface area contributed by atoms with E-state index in [2.05, 4.69) is 14.9 Å². The molecule has 5 nitrogen and oxygen atoms in total. The largest absolute Gasteiger partial charge is 0.411 e. The second-order valence-corrected chi connectivity index (χ2v) is 4.27. The van der Waals surface area contributed by atoms with Crippen LogP contribution in [0.2, 0.25) is 5.02 Å². The first kappa shape index (κ1) is 14.6. The van der Waals surface area contributed by atoms with Crippen molar-refractivity contribution < 1.29 is 22.4 Å². The van der Waals surface area contributed by atoms with E-state index >= 15 is 0 Å². The van der Waals surface area contributed by atoms with Crippen molar-refractivity contribution in [1.82, 2.24) is 10.1 Å². The molecule has 0 spiro atoms. The summed E-state index contributed by atoms with van der Waals surface area (Å²) in [7, 11) is 0. The van der Waals surface area contributed by atoms with Crippen LogP contribution in [0.4, 0.5) is 18.9 Å². The Morgan fingerprint density at radius 2 is 2.10 bits per heavy atom. The van der Waals surface area contributed by atoms with E-state index in [0.29, 0.717) is 16.3 Å². The van der Waals surface area contributed by atoms with Crippen LogP contribution >= 0.6 is 11.6 Å². The molecule has 108 valence electrons. The summed E-state index contributed by atoms with van der Waals surface area (Å²) >= 11 is 5.94. The van der Waals surface area contributed by atoms with Crippen LogP contribution in [0.25, 0.3) is 11.5 Å². The molecule has 0 aliphatic heterocycles. The highest BCUT2D eigenvalue weighted by Crippen LogP contribution is 2.28. The molecule has 1 aromatic carbocycles. The summed E-state index contributed by atoms with van der Waals surface area (Å²) in [4.78, 5) is 3.89. The first-order valence-corrected chi connectivity index (χ1v) is 5.75. The number of benzene rings is 1. The lowest BCUT2D eigenvalue weighted by molar-refractivity contribution is -0.177. The molecular weight excluding hydrogens is 299 g/mol. The second-order valence-electron chi connectivity index (χ2n) is 3.86. The maximum atomic E-state index is 11.9. The molecule has 0 saturated carbocycles. The van der Waals surface area contributed by atoms with Gasteiger partial charge >= 0.3 is 6.18 Å². The summed E-state index contributed by atoms with van der Waals surface area (Å²) in [5, 5.41) is 3.84. The maximum Gasteiger partial charge on any atom is 0.411 e. The number of halogens is 4. The Bertz CT molecular complexity index is 601. The van der Waals surface area contributed by atoms with E-state index in [1.807, 2.05) is 0 Å². The van der Waals surface area contributed by atoms with Gasteiger partial charge in [0.1, 0.15) is 13.2 Å². The minimum Gasteiger partial charge on any atom is -0.399 e. The zero-order chi connectivity index (χ0) is 14.8. The van der Waals surface area contributed by atoms with Crippen molar-refractivity contribution in [2.45, 2.75) is 12.8 Å². The number of alkyl halides is 3. The van der Waals surface area contributed by atoms with Crippen LogP contribution in [0.1, 0.15) is 5.82 Å². The minimum atomic E-state index is -4.40. The lowest BCUT2D eigenvalue weighted by Gasteiger charge is -2.04. The standard InChI is InChI=1S/C11H9ClF3N3O2/c12-8-2-1-6(16)3-7(8)10-17-9(18-20-10)4-19-5-11(13,14)15/h1-3H,4-5,16H2. The van der Waals surface area contributed by atoms with Crippen LogP contribution in [-0.2, 0) is 11.3 Å². The SMILES string of the molecule is Nc1ccc(Cl)c(-c2nc(COCC(F)(F)F)no2)c1. The highest BCUT2D eigenvalue weighted by molar-refractivity contribution is 6.33. The molecule has 9 heteroatoms. The highest BCUT2D eigenvalue weighted by Gasteiger charge is 2.27. The third-order valence-electron chi connectivity index (χ3n) is 2.19. The molecule has 0 bridgehead atoms. The zero-order valence-corrected chi connectivity index (χ0v) is 10.7. The van der Waals surface area contributed by atoms with Gasteiger partial charge < -0.3 is 15.0 Å². The van der Waals surface area contributed by atoms with Gasteiger partial charge in [0.05, 0.1) is 10.6 Å². The molecule has 2 N–H and O–H groups in total. The van der Waals surface area contributed by atoms with E-state index in [-0.39, 0.29) is 11.7 Å². The fourth-order valence-electron chi connectivity index (χ4n) is 1.39. The lowest BCUT2D eigenvalue weighted by Crippen LogP contribution is -2.16. The quantitative estimate of drug-likeness (QED) is 0.879. The van der Waals surface area contributed by atoms with Gasteiger partial charge in [0, 0.05) is 5.69 Å². The Labute approximate surface area is 116 Å². The number of nitrogen functional groups attached to an aromatic ring is 1. The number of nitrogens with two attached hydrogens (primary N) is 1. The number of hydrogen-bond acceptors (Lipinski definition) is 5. The van der Waals surface area contributed by atoms with Gasteiger partial charge in [0.25, 0.3) is 5.89 Å². The van der Waals surface area contributed by atoms with Gasteiger partial charge in [0.2, 0.25) is 0 Å². The first-order valence-electron chi connectivity index (χ1n) is 5.37. The van der Waals surface area contributed by atoms with Crippen molar-refractivity contribution in [2.24, 2.45) is 0 Å². The van der Waals surface area contributed by atoms with E-state index in [0.717, 1.165) is 0 Å². The molecule has 2 rings (SSSR count). The Hall–Kier alpha value is -1.80. The monoisotopic (exact) mass is 307 g/mol. The highest BCUT2D eigenvalue weighted by atomic mass is 35.5. The molecule has 0 unspecified atom stereocenters. The van der Waals surface area contributed by atoms with E-state index in [1.165, 1.54) is 6.07 Å². The summed E-state index contributed by atoms with van der Waals surface area (Å²) in [6.45, 7) is -1.79. The molecule has 0 aliphatic carbocycles. The van der Waals surface area contributed by atoms with Crippen LogP contribution in [0.5, 0.6) is 0 Å². The Morgan fingerprint density at radius 3 is 2.80 bits per heavy atom. The summed E-state index contributed by atoms with van der Waals surface area (Å²) < 4.78 is 45.0. The number of hydrogen-bond donors (Lipinski definition) is 1. The number of anilines is 1. The van der Waals surface area contributed by atoms with E-state index in [4.69, 9.17) is 21.9 Å². The molecule has 20 heavy (non-hydrogen) atoms. The molecule has 1 aromatic heterocycles. The molecule has 1 heterocycles. The van der Waals surface area contributed by atoms with Crippen molar-refractivity contribution in [3.8, 4) is 11.5 Å². The van der Waals surface area contributed by atoms with Crippen molar-refractivity contribution in [3.05, 3.63) is 29.0 Å². The Kier molecular flexibility index (Phi) is 4.15. The van der Waals surface area contributed by atoms with Crippen LogP contribution in [0, 0.1) is 0 Å². The summed E-state index contributed by atoms with van der Waals surface area (Å²) in [5.41, 5.74) is 6.45. The van der Waals surface area contributed by atoms with Gasteiger partial charge in [-0.1, -0.05) is 16.8 Å². The predicted molar refractivity (Wildman–Crippen MR) is 64.9 cm³/mol.